The molecule has 0 rings (SSSR count). The summed E-state index contributed by atoms with van der Waals surface area (Å²) < 4.78 is 1.38. The third-order valence-corrected chi connectivity index (χ3v) is 2.58. The molecule has 0 spiro atoms. The van der Waals surface area contributed by atoms with Crippen LogP contribution in [0.4, 0.5) is 0 Å². The maximum absolute atomic E-state index is 7.00. The molecule has 0 aromatic rings. The van der Waals surface area contributed by atoms with Gasteiger partial charge in [0, 0.05) is 13.5 Å². The fourth-order valence-corrected chi connectivity index (χ4v) is 2.06. The molecule has 0 aromatic heterocycles. The quantitative estimate of drug-likeness (QED) is 0.697. The molecule has 0 bridgehead atoms. The monoisotopic (exact) mass is 233 g/mol. The first-order valence-electron chi connectivity index (χ1n) is 5.40. The Labute approximate surface area is 109 Å². The molecular formula is C11H26ClMgO+2. The van der Waals surface area contributed by atoms with Crippen molar-refractivity contribution in [2.75, 3.05) is 7.11 Å². The van der Waals surface area contributed by atoms with Crippen LogP contribution in [0.3, 0.4) is 0 Å². The van der Waals surface area contributed by atoms with Crippen molar-refractivity contribution in [1.29, 1.82) is 0 Å². The molecule has 0 aliphatic rings. The average molecular weight is 234 g/mol. The zero-order chi connectivity index (χ0) is 10.7. The third kappa shape index (κ3) is 18.7. The van der Waals surface area contributed by atoms with Crippen molar-refractivity contribution in [3.8, 4) is 0 Å². The predicted molar refractivity (Wildman–Crippen MR) is 68.4 cm³/mol. The van der Waals surface area contributed by atoms with Gasteiger partial charge in [-0.25, -0.2) is 0 Å². The number of hydrogen-bond donors (Lipinski definition) is 1. The summed E-state index contributed by atoms with van der Waals surface area (Å²) >= 11 is 2.10. The summed E-state index contributed by atoms with van der Waals surface area (Å²) in [7, 11) is 1.00. The summed E-state index contributed by atoms with van der Waals surface area (Å²) in [6.07, 6.45) is 5.71. The molecule has 3 heteroatoms. The van der Waals surface area contributed by atoms with E-state index in [2.05, 4.69) is 42.5 Å². The summed E-state index contributed by atoms with van der Waals surface area (Å²) in [5.74, 6) is 1.86. The van der Waals surface area contributed by atoms with Gasteiger partial charge in [0.25, 0.3) is 4.55 Å². The molecule has 0 heterocycles. The molecule has 1 N–H and O–H groups in total. The number of hydrogen-bond acceptors (Lipinski definition) is 1. The molecule has 83 valence electrons. The maximum atomic E-state index is 7.00. The first-order valence-corrected chi connectivity index (χ1v) is 6.40. The van der Waals surface area contributed by atoms with Gasteiger partial charge in [0.05, 0.1) is 0 Å². The van der Waals surface area contributed by atoms with Crippen molar-refractivity contribution in [1.82, 2.24) is 0 Å². The van der Waals surface area contributed by atoms with Crippen LogP contribution in [0.1, 0.15) is 46.5 Å². The molecule has 0 saturated heterocycles. The zero-order valence-electron chi connectivity index (χ0n) is 10.3. The van der Waals surface area contributed by atoms with Gasteiger partial charge in [-0.1, -0.05) is 40.0 Å². The minimum absolute atomic E-state index is 0. The van der Waals surface area contributed by atoms with E-state index in [9.17, 15) is 0 Å². The van der Waals surface area contributed by atoms with E-state index < -0.39 is 0 Å². The van der Waals surface area contributed by atoms with Crippen molar-refractivity contribution in [2.45, 2.75) is 51.0 Å². The van der Waals surface area contributed by atoms with Gasteiger partial charge < -0.3 is 5.11 Å². The molecule has 7 radical (unpaired) electrons. The van der Waals surface area contributed by atoms with E-state index in [1.165, 1.54) is 30.2 Å². The summed E-state index contributed by atoms with van der Waals surface area (Å²) in [5.41, 5.74) is 0. The average Bonchev–Trinajstić information content (AvgIpc) is 2.08. The van der Waals surface area contributed by atoms with Gasteiger partial charge in [-0.3, -0.25) is 0 Å². The Morgan fingerprint density at radius 1 is 1.00 bits per heavy atom. The van der Waals surface area contributed by atoms with E-state index in [1.54, 1.807) is 0 Å². The van der Waals surface area contributed by atoms with E-state index in [4.69, 9.17) is 5.11 Å². The topological polar surface area (TPSA) is 20.2 Å². The van der Waals surface area contributed by atoms with Crippen LogP contribution in [0.2, 0.25) is 4.55 Å². The van der Waals surface area contributed by atoms with Gasteiger partial charge in [-0.15, -0.1) is 12.4 Å². The SMILES string of the molecule is CC(C)CCCC(C)C[CH2][Mg+2].CO.Cl. The van der Waals surface area contributed by atoms with Gasteiger partial charge in [-0.05, 0) is 11.8 Å². The molecule has 1 atom stereocenters. The molecule has 0 aliphatic carbocycles. The largest absolute Gasteiger partial charge is 1.41 e. The van der Waals surface area contributed by atoms with E-state index in [-0.39, 0.29) is 12.4 Å². The van der Waals surface area contributed by atoms with Gasteiger partial charge in [0.2, 0.25) is 0 Å². The fraction of sp³-hybridized carbons (Fsp3) is 1.00. The summed E-state index contributed by atoms with van der Waals surface area (Å²) in [6, 6.07) is 0. The Bertz CT molecular complexity index is 89.4. The highest BCUT2D eigenvalue weighted by molar-refractivity contribution is 6.08. The Kier molecular flexibility index (Phi) is 24.0. The van der Waals surface area contributed by atoms with E-state index >= 15 is 0 Å². The second-order valence-corrected chi connectivity index (χ2v) is 4.78. The Morgan fingerprint density at radius 3 is 1.86 bits per heavy atom. The number of rotatable bonds is 6. The highest BCUT2D eigenvalue weighted by Gasteiger charge is 2.23. The first-order chi connectivity index (χ1) is 6.16. The predicted octanol–water partition coefficient (Wildman–Crippen LogP) is 3.46. The Morgan fingerprint density at radius 2 is 1.50 bits per heavy atom. The lowest BCUT2D eigenvalue weighted by Gasteiger charge is -2.07. The van der Waals surface area contributed by atoms with Gasteiger partial charge in [0.1, 0.15) is 0 Å². The maximum Gasteiger partial charge on any atom is 1.41 e. The molecule has 1 nitrogen and oxygen atoms in total. The lowest BCUT2D eigenvalue weighted by molar-refractivity contribution is 0.399. The van der Waals surface area contributed by atoms with Crippen LogP contribution in [0.25, 0.3) is 0 Å². The zero-order valence-corrected chi connectivity index (χ0v) is 12.5. The smallest absolute Gasteiger partial charge is 0.400 e. The number of aliphatic hydroxyl groups excluding tert-OH is 1. The number of halogens is 1. The summed E-state index contributed by atoms with van der Waals surface area (Å²) in [6.45, 7) is 7.01. The second kappa shape index (κ2) is 16.4. The fourth-order valence-electron chi connectivity index (χ4n) is 1.37. The van der Waals surface area contributed by atoms with Gasteiger partial charge in [0.15, 0.2) is 0 Å². The molecule has 0 fully saturated rings. The van der Waals surface area contributed by atoms with Crippen molar-refractivity contribution in [3.63, 3.8) is 0 Å². The Balaban J connectivity index is -0.000000376. The van der Waals surface area contributed by atoms with Crippen LogP contribution >= 0.6 is 12.4 Å². The van der Waals surface area contributed by atoms with Crippen LogP contribution in [0.5, 0.6) is 0 Å². The highest BCUT2D eigenvalue weighted by atomic mass is 35.5. The molecule has 1 unspecified atom stereocenters. The molecular weight excluding hydrogens is 208 g/mol. The van der Waals surface area contributed by atoms with Crippen molar-refractivity contribution >= 4 is 34.1 Å². The standard InChI is InChI=1S/C10H21.CH4O.ClH.Mg/c1-5-10(4)8-6-7-9(2)3;1-2;;/h9-10H,1,5-8H2,2-4H3;2H,1H3;1H;/q;;;+2. The van der Waals surface area contributed by atoms with Gasteiger partial charge >= 0.3 is 21.7 Å². The van der Waals surface area contributed by atoms with Crippen molar-refractivity contribution < 1.29 is 5.11 Å². The summed E-state index contributed by atoms with van der Waals surface area (Å²) in [5, 5.41) is 7.00. The Hall–Kier alpha value is 1.02. The second-order valence-electron chi connectivity index (χ2n) is 4.07. The highest BCUT2D eigenvalue weighted by Crippen LogP contribution is 2.15. The third-order valence-electron chi connectivity index (χ3n) is 2.18. The minimum Gasteiger partial charge on any atom is -0.400 e. The van der Waals surface area contributed by atoms with Crippen molar-refractivity contribution in [2.24, 2.45) is 11.8 Å². The van der Waals surface area contributed by atoms with Crippen molar-refractivity contribution in [3.05, 3.63) is 0 Å². The molecule has 0 aromatic carbocycles. The van der Waals surface area contributed by atoms with E-state index in [0.717, 1.165) is 18.9 Å². The van der Waals surface area contributed by atoms with E-state index in [1.807, 2.05) is 0 Å². The molecule has 14 heavy (non-hydrogen) atoms. The van der Waals surface area contributed by atoms with E-state index in [0.29, 0.717) is 0 Å². The lowest BCUT2D eigenvalue weighted by atomic mass is 9.98. The van der Waals surface area contributed by atoms with Crippen LogP contribution < -0.4 is 0 Å². The number of aliphatic hydroxyl groups is 1. The lowest BCUT2D eigenvalue weighted by Crippen LogP contribution is -1.96. The molecule has 0 aliphatic heterocycles. The van der Waals surface area contributed by atoms with Gasteiger partial charge in [-0.2, -0.15) is 0 Å². The van der Waals surface area contributed by atoms with Crippen LogP contribution in [0, 0.1) is 11.8 Å². The minimum atomic E-state index is 0. The molecule has 0 amide bonds. The van der Waals surface area contributed by atoms with Crippen LogP contribution in [-0.4, -0.2) is 33.9 Å². The summed E-state index contributed by atoms with van der Waals surface area (Å²) in [4.78, 5) is 0. The first kappa shape index (κ1) is 20.4. The normalized spacial score (nSPS) is 11.4. The molecule has 0 saturated carbocycles. The van der Waals surface area contributed by atoms with Crippen LogP contribution in [-0.2, 0) is 0 Å². The van der Waals surface area contributed by atoms with Crippen LogP contribution in [0.15, 0.2) is 0 Å².